The molecule has 2 nitrogen and oxygen atoms in total. The van der Waals surface area contributed by atoms with Gasteiger partial charge in [-0.2, -0.15) is 0 Å². The summed E-state index contributed by atoms with van der Waals surface area (Å²) in [4.78, 5) is 0. The lowest BCUT2D eigenvalue weighted by atomic mass is 9.84. The van der Waals surface area contributed by atoms with E-state index in [4.69, 9.17) is 4.74 Å². The van der Waals surface area contributed by atoms with Crippen molar-refractivity contribution in [3.8, 4) is 5.75 Å². The molecule has 0 saturated carbocycles. The molecule has 1 atom stereocenters. The molecule has 16 heavy (non-hydrogen) atoms. The van der Waals surface area contributed by atoms with E-state index in [0.29, 0.717) is 0 Å². The van der Waals surface area contributed by atoms with Gasteiger partial charge in [-0.1, -0.05) is 26.3 Å². The van der Waals surface area contributed by atoms with Crippen LogP contribution in [0.1, 0.15) is 44.2 Å². The Balaban J connectivity index is 3.10. The van der Waals surface area contributed by atoms with Crippen molar-refractivity contribution in [2.75, 3.05) is 7.11 Å². The summed E-state index contributed by atoms with van der Waals surface area (Å²) in [6.07, 6.45) is 2.53. The lowest BCUT2D eigenvalue weighted by molar-refractivity contribution is 0.0220. The molecule has 0 aromatic heterocycles. The molecule has 1 unspecified atom stereocenters. The zero-order valence-electron chi connectivity index (χ0n) is 10.7. The summed E-state index contributed by atoms with van der Waals surface area (Å²) in [5.74, 6) is 0.844. The highest BCUT2D eigenvalue weighted by Gasteiger charge is 2.27. The molecule has 0 saturated heterocycles. The van der Waals surface area contributed by atoms with Crippen LogP contribution in [0, 0.1) is 6.92 Å². The van der Waals surface area contributed by atoms with Gasteiger partial charge in [0.25, 0.3) is 0 Å². The van der Waals surface area contributed by atoms with Crippen LogP contribution in [0.2, 0.25) is 0 Å². The number of hydrogen-bond acceptors (Lipinski definition) is 2. The van der Waals surface area contributed by atoms with Crippen LogP contribution in [0.3, 0.4) is 0 Å². The Morgan fingerprint density at radius 2 is 2.00 bits per heavy atom. The first-order valence-corrected chi connectivity index (χ1v) is 5.95. The summed E-state index contributed by atoms with van der Waals surface area (Å²) in [5, 5.41) is 10.6. The fourth-order valence-corrected chi connectivity index (χ4v) is 2.20. The van der Waals surface area contributed by atoms with Gasteiger partial charge < -0.3 is 9.84 Å². The molecule has 0 aliphatic rings. The van der Waals surface area contributed by atoms with E-state index in [9.17, 15) is 5.11 Å². The van der Waals surface area contributed by atoms with Gasteiger partial charge in [0.05, 0.1) is 12.7 Å². The fraction of sp³-hybridized carbons (Fsp3) is 0.571. The minimum atomic E-state index is -0.689. The summed E-state index contributed by atoms with van der Waals surface area (Å²) < 4.78 is 5.17. The molecule has 0 radical (unpaired) electrons. The molecule has 90 valence electrons. The summed E-state index contributed by atoms with van der Waals surface area (Å²) >= 11 is 0. The molecule has 0 aliphatic carbocycles. The second kappa shape index (κ2) is 5.35. The average molecular weight is 222 g/mol. The molecule has 1 N–H and O–H groups in total. The Labute approximate surface area is 98.3 Å². The van der Waals surface area contributed by atoms with Crippen LogP contribution < -0.4 is 4.74 Å². The topological polar surface area (TPSA) is 29.5 Å². The van der Waals surface area contributed by atoms with Crippen molar-refractivity contribution in [1.82, 2.24) is 0 Å². The summed E-state index contributed by atoms with van der Waals surface area (Å²) in [6.45, 7) is 6.15. The summed E-state index contributed by atoms with van der Waals surface area (Å²) in [5.41, 5.74) is 1.43. The predicted molar refractivity (Wildman–Crippen MR) is 66.8 cm³/mol. The molecule has 0 aliphatic heterocycles. The molecule has 2 heteroatoms. The highest BCUT2D eigenvalue weighted by Crippen LogP contribution is 2.33. The van der Waals surface area contributed by atoms with Crippen molar-refractivity contribution in [3.05, 3.63) is 29.3 Å². The van der Waals surface area contributed by atoms with Crippen molar-refractivity contribution < 1.29 is 9.84 Å². The normalized spacial score (nSPS) is 14.6. The zero-order valence-corrected chi connectivity index (χ0v) is 10.7. The average Bonchev–Trinajstić information content (AvgIpc) is 2.28. The molecule has 1 aromatic carbocycles. The molecular weight excluding hydrogens is 200 g/mol. The van der Waals surface area contributed by atoms with E-state index in [1.807, 2.05) is 32.0 Å². The van der Waals surface area contributed by atoms with Gasteiger partial charge in [0.2, 0.25) is 0 Å². The Kier molecular flexibility index (Phi) is 4.36. The number of benzene rings is 1. The lowest BCUT2D eigenvalue weighted by Gasteiger charge is -2.28. The van der Waals surface area contributed by atoms with E-state index in [1.54, 1.807) is 7.11 Å². The largest absolute Gasteiger partial charge is 0.497 e. The zero-order chi connectivity index (χ0) is 12.2. The van der Waals surface area contributed by atoms with Gasteiger partial charge in [-0.25, -0.2) is 0 Å². The second-order valence-electron chi connectivity index (χ2n) is 4.32. The van der Waals surface area contributed by atoms with Gasteiger partial charge in [-0.15, -0.1) is 0 Å². The summed E-state index contributed by atoms with van der Waals surface area (Å²) in [6, 6.07) is 5.87. The first kappa shape index (κ1) is 13.0. The van der Waals surface area contributed by atoms with Gasteiger partial charge in [-0.3, -0.25) is 0 Å². The van der Waals surface area contributed by atoms with E-state index < -0.39 is 5.60 Å². The van der Waals surface area contributed by atoms with Crippen LogP contribution >= 0.6 is 0 Å². The van der Waals surface area contributed by atoms with Crippen LogP contribution in [-0.2, 0) is 5.60 Å². The van der Waals surface area contributed by atoms with Crippen LogP contribution in [0.4, 0.5) is 0 Å². The highest BCUT2D eigenvalue weighted by atomic mass is 16.5. The van der Waals surface area contributed by atoms with Gasteiger partial charge in [0.15, 0.2) is 0 Å². The van der Waals surface area contributed by atoms with E-state index in [0.717, 1.165) is 36.1 Å². The maximum atomic E-state index is 10.6. The molecule has 0 spiro atoms. The number of rotatable bonds is 5. The van der Waals surface area contributed by atoms with Crippen molar-refractivity contribution in [2.45, 2.75) is 45.6 Å². The SMILES string of the molecule is CCCC(O)(CC)c1ccc(OC)cc1C. The van der Waals surface area contributed by atoms with Crippen LogP contribution in [0.25, 0.3) is 0 Å². The molecule has 1 rings (SSSR count). The van der Waals surface area contributed by atoms with E-state index in [-0.39, 0.29) is 0 Å². The Morgan fingerprint density at radius 1 is 1.31 bits per heavy atom. The van der Waals surface area contributed by atoms with Crippen molar-refractivity contribution >= 4 is 0 Å². The highest BCUT2D eigenvalue weighted by molar-refractivity contribution is 5.38. The lowest BCUT2D eigenvalue weighted by Crippen LogP contribution is -2.25. The third-order valence-electron chi connectivity index (χ3n) is 3.18. The monoisotopic (exact) mass is 222 g/mol. The summed E-state index contributed by atoms with van der Waals surface area (Å²) in [7, 11) is 1.66. The first-order chi connectivity index (χ1) is 7.57. The minimum Gasteiger partial charge on any atom is -0.497 e. The molecular formula is C14H22O2. The van der Waals surface area contributed by atoms with Crippen LogP contribution in [-0.4, -0.2) is 12.2 Å². The molecule has 0 amide bonds. The van der Waals surface area contributed by atoms with E-state index >= 15 is 0 Å². The fourth-order valence-electron chi connectivity index (χ4n) is 2.20. The third-order valence-corrected chi connectivity index (χ3v) is 3.18. The van der Waals surface area contributed by atoms with Crippen LogP contribution in [0.15, 0.2) is 18.2 Å². The van der Waals surface area contributed by atoms with Gasteiger partial charge >= 0.3 is 0 Å². The van der Waals surface area contributed by atoms with Crippen molar-refractivity contribution in [2.24, 2.45) is 0 Å². The number of ether oxygens (including phenoxy) is 1. The maximum absolute atomic E-state index is 10.6. The van der Waals surface area contributed by atoms with Gasteiger partial charge in [-0.05, 0) is 43.0 Å². The number of methoxy groups -OCH3 is 1. The standard InChI is InChI=1S/C14H22O2/c1-5-9-14(15,6-2)13-8-7-12(16-4)10-11(13)3/h7-8,10,15H,5-6,9H2,1-4H3. The van der Waals surface area contributed by atoms with Crippen LogP contribution in [0.5, 0.6) is 5.75 Å². The molecule has 1 aromatic rings. The van der Waals surface area contributed by atoms with Gasteiger partial charge in [0, 0.05) is 0 Å². The number of aliphatic hydroxyl groups is 1. The first-order valence-electron chi connectivity index (χ1n) is 5.95. The minimum absolute atomic E-state index is 0.689. The molecule has 0 fully saturated rings. The second-order valence-corrected chi connectivity index (χ2v) is 4.32. The smallest absolute Gasteiger partial charge is 0.119 e. The molecule has 0 bridgehead atoms. The van der Waals surface area contributed by atoms with E-state index in [1.165, 1.54) is 0 Å². The van der Waals surface area contributed by atoms with Gasteiger partial charge in [0.1, 0.15) is 5.75 Å². The predicted octanol–water partition coefficient (Wildman–Crippen LogP) is 3.40. The van der Waals surface area contributed by atoms with Crippen molar-refractivity contribution in [1.29, 1.82) is 0 Å². The van der Waals surface area contributed by atoms with E-state index in [2.05, 4.69) is 6.92 Å². The Hall–Kier alpha value is -1.02. The quantitative estimate of drug-likeness (QED) is 0.827. The number of hydrogen-bond donors (Lipinski definition) is 1. The Morgan fingerprint density at radius 3 is 2.44 bits per heavy atom. The maximum Gasteiger partial charge on any atom is 0.119 e. The third kappa shape index (κ3) is 2.56. The van der Waals surface area contributed by atoms with Crippen molar-refractivity contribution in [3.63, 3.8) is 0 Å². The Bertz CT molecular complexity index is 347. The molecule has 0 heterocycles. The number of aryl methyl sites for hydroxylation is 1.